The molecule has 50 heavy (non-hydrogen) atoms. The predicted octanol–water partition coefficient (Wildman–Crippen LogP) is 4.60. The van der Waals surface area contributed by atoms with Gasteiger partial charge in [0, 0.05) is 18.0 Å². The first kappa shape index (κ1) is 38.2. The molecule has 1 aliphatic heterocycles. The second-order valence-electron chi connectivity index (χ2n) is 11.3. The Balaban J connectivity index is 1.55. The number of primary amides is 1. The Bertz CT molecular complexity index is 1890. The van der Waals surface area contributed by atoms with Gasteiger partial charge in [0.15, 0.2) is 0 Å². The van der Waals surface area contributed by atoms with E-state index in [0.29, 0.717) is 28.6 Å². The second-order valence-corrected chi connectivity index (χ2v) is 14.6. The van der Waals surface area contributed by atoms with Gasteiger partial charge in [0.05, 0.1) is 52.5 Å². The molecule has 1 atom stereocenters. The maximum Gasteiger partial charge on any atom is 0.393 e. The van der Waals surface area contributed by atoms with Crippen molar-refractivity contribution < 1.29 is 54.2 Å². The number of amides is 2. The van der Waals surface area contributed by atoms with Crippen LogP contribution in [0, 0.1) is 11.8 Å². The third-order valence-electron chi connectivity index (χ3n) is 7.61. The predicted molar refractivity (Wildman–Crippen MR) is 177 cm³/mol. The zero-order valence-corrected chi connectivity index (χ0v) is 28.1. The number of anilines is 2. The van der Waals surface area contributed by atoms with Crippen LogP contribution in [0.3, 0.4) is 0 Å². The van der Waals surface area contributed by atoms with Crippen LogP contribution in [0.5, 0.6) is 5.75 Å². The number of benzene rings is 2. The molecule has 1 unspecified atom stereocenters. The Morgan fingerprint density at radius 1 is 1.10 bits per heavy atom. The lowest BCUT2D eigenvalue weighted by Gasteiger charge is -2.24. The lowest BCUT2D eigenvalue weighted by atomic mass is 10.1. The fourth-order valence-electron chi connectivity index (χ4n) is 5.20. The Labute approximate surface area is 288 Å². The summed E-state index contributed by atoms with van der Waals surface area (Å²) in [5.41, 5.74) is 5.46. The van der Waals surface area contributed by atoms with Gasteiger partial charge in [-0.2, -0.15) is 22.0 Å². The zero-order valence-electron chi connectivity index (χ0n) is 26.5. The summed E-state index contributed by atoms with van der Waals surface area (Å²) in [5.74, 6) is 2.61. The largest absolute Gasteiger partial charge is 0.467 e. The number of nitrogens with two attached hydrogens (primary N) is 1. The Hall–Kier alpha value is -4.63. The smallest absolute Gasteiger partial charge is 0.393 e. The Morgan fingerprint density at radius 2 is 1.82 bits per heavy atom. The van der Waals surface area contributed by atoms with Crippen molar-refractivity contribution in [3.63, 3.8) is 0 Å². The quantitative estimate of drug-likeness (QED) is 0.111. The highest BCUT2D eigenvalue weighted by atomic mass is 32.2. The molecule has 0 bridgehead atoms. The molecule has 1 saturated heterocycles. The molecule has 1 aliphatic rings. The molecule has 2 heterocycles. The van der Waals surface area contributed by atoms with Gasteiger partial charge in [-0.05, 0) is 54.5 Å². The van der Waals surface area contributed by atoms with Gasteiger partial charge >= 0.3 is 18.8 Å². The molecule has 0 spiro atoms. The van der Waals surface area contributed by atoms with E-state index in [-0.39, 0.29) is 58.6 Å². The van der Waals surface area contributed by atoms with E-state index in [0.717, 1.165) is 24.5 Å². The van der Waals surface area contributed by atoms with Gasteiger partial charge in [-0.3, -0.25) is 9.59 Å². The van der Waals surface area contributed by atoms with E-state index in [9.17, 15) is 44.8 Å². The fourth-order valence-corrected chi connectivity index (χ4v) is 7.86. The number of nitrogens with one attached hydrogen (secondary N) is 3. The molecular formula is C32H33F5N4O7S2. The van der Waals surface area contributed by atoms with Crippen LogP contribution in [0.15, 0.2) is 36.4 Å². The molecule has 18 heteroatoms. The maximum atomic E-state index is 13.6. The van der Waals surface area contributed by atoms with Gasteiger partial charge in [0.25, 0.3) is 5.91 Å². The molecule has 1 aromatic heterocycles. The van der Waals surface area contributed by atoms with Crippen molar-refractivity contribution in [3.8, 4) is 17.6 Å². The number of alkyl halides is 5. The highest BCUT2D eigenvalue weighted by Gasteiger charge is 2.32. The van der Waals surface area contributed by atoms with Gasteiger partial charge in [0.1, 0.15) is 21.6 Å². The lowest BCUT2D eigenvalue weighted by Crippen LogP contribution is -2.42. The number of fused-ring (bicyclic) bond motifs is 1. The van der Waals surface area contributed by atoms with E-state index in [1.807, 2.05) is 0 Å². The average molecular weight is 745 g/mol. The van der Waals surface area contributed by atoms with Gasteiger partial charge < -0.3 is 31.2 Å². The number of hydrogen-bond acceptors (Lipinski definition) is 10. The van der Waals surface area contributed by atoms with E-state index in [1.165, 1.54) is 12.1 Å². The SMILES string of the molecule is COC(=O)C(CCC(N)=O)NC(=O)c1ccc(NCC#Cc2sc3c(NC4CCS(=O)(=O)CC4)cccc3c2CC(F)(F)F)c(OC(F)F)c1. The number of esters is 1. The van der Waals surface area contributed by atoms with E-state index in [1.54, 1.807) is 18.2 Å². The summed E-state index contributed by atoms with van der Waals surface area (Å²) < 4.78 is 101. The van der Waals surface area contributed by atoms with Crippen LogP contribution in [0.2, 0.25) is 0 Å². The van der Waals surface area contributed by atoms with Crippen LogP contribution in [0.25, 0.3) is 10.1 Å². The minimum absolute atomic E-state index is 0.0118. The molecule has 270 valence electrons. The molecule has 2 amide bonds. The number of methoxy groups -OCH3 is 1. The molecule has 5 N–H and O–H groups in total. The van der Waals surface area contributed by atoms with Crippen molar-refractivity contribution in [1.29, 1.82) is 0 Å². The van der Waals surface area contributed by atoms with Crippen LogP contribution in [0.4, 0.5) is 33.3 Å². The number of ether oxygens (including phenoxy) is 2. The lowest BCUT2D eigenvalue weighted by molar-refractivity contribution is -0.143. The number of carbonyl (C=O) groups excluding carboxylic acids is 3. The third-order valence-corrected chi connectivity index (χ3v) is 10.5. The molecule has 0 radical (unpaired) electrons. The molecule has 3 aromatic rings. The first-order valence-electron chi connectivity index (χ1n) is 15.1. The van der Waals surface area contributed by atoms with Crippen molar-refractivity contribution in [2.45, 2.75) is 57.0 Å². The van der Waals surface area contributed by atoms with E-state index in [4.69, 9.17) is 5.73 Å². The number of thiophene rings is 1. The normalized spacial score (nSPS) is 15.1. The minimum atomic E-state index is -4.54. The monoisotopic (exact) mass is 744 g/mol. The van der Waals surface area contributed by atoms with E-state index >= 15 is 0 Å². The number of hydrogen-bond donors (Lipinski definition) is 4. The van der Waals surface area contributed by atoms with Crippen molar-refractivity contribution in [2.24, 2.45) is 5.73 Å². The highest BCUT2D eigenvalue weighted by molar-refractivity contribution is 7.91. The highest BCUT2D eigenvalue weighted by Crippen LogP contribution is 2.39. The first-order chi connectivity index (χ1) is 23.5. The fraction of sp³-hybridized carbons (Fsp3) is 0.406. The van der Waals surface area contributed by atoms with Crippen molar-refractivity contribution in [3.05, 3.63) is 52.4 Å². The number of sulfone groups is 1. The van der Waals surface area contributed by atoms with Crippen molar-refractivity contribution in [2.75, 3.05) is 35.8 Å². The molecule has 2 aromatic carbocycles. The van der Waals surface area contributed by atoms with Crippen LogP contribution < -0.4 is 26.4 Å². The number of rotatable bonds is 13. The Morgan fingerprint density at radius 3 is 2.46 bits per heavy atom. The van der Waals surface area contributed by atoms with Crippen LogP contribution >= 0.6 is 11.3 Å². The summed E-state index contributed by atoms with van der Waals surface area (Å²) in [4.78, 5) is 36.2. The average Bonchev–Trinajstić information content (AvgIpc) is 3.38. The third kappa shape index (κ3) is 10.7. The van der Waals surface area contributed by atoms with Crippen LogP contribution in [-0.2, 0) is 30.6 Å². The van der Waals surface area contributed by atoms with Gasteiger partial charge in [-0.1, -0.05) is 24.0 Å². The topological polar surface area (TPSA) is 166 Å². The molecular weight excluding hydrogens is 711 g/mol. The summed E-state index contributed by atoms with van der Waals surface area (Å²) in [7, 11) is -2.04. The zero-order chi connectivity index (χ0) is 36.6. The summed E-state index contributed by atoms with van der Waals surface area (Å²) in [6.07, 6.45) is -5.46. The first-order valence-corrected chi connectivity index (χ1v) is 17.8. The van der Waals surface area contributed by atoms with E-state index in [2.05, 4.69) is 37.3 Å². The Kier molecular flexibility index (Phi) is 12.5. The molecule has 1 fully saturated rings. The maximum absolute atomic E-state index is 13.6. The molecule has 0 aliphatic carbocycles. The van der Waals surface area contributed by atoms with Gasteiger partial charge in [0.2, 0.25) is 5.91 Å². The van der Waals surface area contributed by atoms with Crippen LogP contribution in [-0.4, -0.2) is 76.2 Å². The summed E-state index contributed by atoms with van der Waals surface area (Å²) in [5, 5.41) is 8.75. The van der Waals surface area contributed by atoms with Gasteiger partial charge in [-0.15, -0.1) is 11.3 Å². The standard InChI is InChI=1S/C32H33F5N4O7S2/c1-47-30(44)24(9-10-27(38)42)41-29(43)18-7-8-22(25(16-18)48-31(33)34)39-13-3-6-26-21(17-32(35,36)37)20-4-2-5-23(28(20)49-26)40-19-11-14-50(45,46)15-12-19/h2,4-5,7-8,16,19,24,31,39-40H,9-15,17H2,1H3,(H2,38,42)(H,41,43). The minimum Gasteiger partial charge on any atom is -0.467 e. The molecule has 11 nitrogen and oxygen atoms in total. The number of carbonyl (C=O) groups is 3. The van der Waals surface area contributed by atoms with Gasteiger partial charge in [-0.25, -0.2) is 13.2 Å². The summed E-state index contributed by atoms with van der Waals surface area (Å²) in [6, 6.07) is 6.94. The van der Waals surface area contributed by atoms with Crippen LogP contribution in [0.1, 0.15) is 46.5 Å². The summed E-state index contributed by atoms with van der Waals surface area (Å²) >= 11 is 1.05. The second kappa shape index (κ2) is 16.4. The van der Waals surface area contributed by atoms with E-state index < -0.39 is 58.6 Å². The van der Waals surface area contributed by atoms with Crippen molar-refractivity contribution in [1.82, 2.24) is 5.32 Å². The number of halogens is 5. The van der Waals surface area contributed by atoms with Crippen molar-refractivity contribution >= 4 is 60.4 Å². The molecule has 0 saturated carbocycles. The molecule has 4 rings (SSSR count). The summed E-state index contributed by atoms with van der Waals surface area (Å²) in [6.45, 7) is -3.51.